The fourth-order valence-electron chi connectivity index (χ4n) is 3.18. The summed E-state index contributed by atoms with van der Waals surface area (Å²) in [6, 6.07) is 15.2. The van der Waals surface area contributed by atoms with Gasteiger partial charge in [-0.2, -0.15) is 15.0 Å². The molecule has 1 fully saturated rings. The van der Waals surface area contributed by atoms with Gasteiger partial charge in [-0.05, 0) is 37.5 Å². The third-order valence-electron chi connectivity index (χ3n) is 4.83. The molecule has 1 heterocycles. The molecular weight excluding hydrogens is 355 g/mol. The van der Waals surface area contributed by atoms with Crippen molar-refractivity contribution in [3.05, 3.63) is 71.3 Å². The van der Waals surface area contributed by atoms with Gasteiger partial charge in [0.2, 0.25) is 11.9 Å². The van der Waals surface area contributed by atoms with E-state index in [1.165, 1.54) is 6.07 Å². The van der Waals surface area contributed by atoms with Gasteiger partial charge < -0.3 is 11.1 Å². The summed E-state index contributed by atoms with van der Waals surface area (Å²) in [4.78, 5) is 15.2. The van der Waals surface area contributed by atoms with Crippen molar-refractivity contribution < 1.29 is 4.39 Å². The monoisotopic (exact) mass is 378 g/mol. The van der Waals surface area contributed by atoms with Gasteiger partial charge in [0, 0.05) is 23.8 Å². The number of nitrogens with two attached hydrogens (primary N) is 1. The van der Waals surface area contributed by atoms with Crippen molar-refractivity contribution >= 4 is 17.6 Å². The number of halogens is 1. The summed E-state index contributed by atoms with van der Waals surface area (Å²) in [7, 11) is 0. The van der Waals surface area contributed by atoms with Crippen molar-refractivity contribution in [1.82, 2.24) is 19.9 Å². The Bertz CT molecular complexity index is 973. The van der Waals surface area contributed by atoms with Crippen LogP contribution in [0.2, 0.25) is 0 Å². The molecule has 0 amide bonds. The zero-order chi connectivity index (χ0) is 19.5. The van der Waals surface area contributed by atoms with E-state index in [2.05, 4.69) is 25.2 Å². The average molecular weight is 378 g/mol. The Balaban J connectivity index is 1.54. The van der Waals surface area contributed by atoms with Crippen molar-refractivity contribution in [2.24, 2.45) is 0 Å². The Morgan fingerprint density at radius 3 is 2.54 bits per heavy atom. The van der Waals surface area contributed by atoms with Gasteiger partial charge in [-0.25, -0.2) is 4.39 Å². The second kappa shape index (κ2) is 7.90. The van der Waals surface area contributed by atoms with Gasteiger partial charge in [0.1, 0.15) is 11.6 Å². The van der Waals surface area contributed by atoms with Crippen LogP contribution in [-0.4, -0.2) is 25.9 Å². The minimum atomic E-state index is -0.190. The molecule has 3 aromatic rings. The molecule has 0 bridgehead atoms. The van der Waals surface area contributed by atoms with Crippen LogP contribution in [0.3, 0.4) is 0 Å². The summed E-state index contributed by atoms with van der Waals surface area (Å²) in [6.07, 6.45) is 2.20. The SMILES string of the molecule is Cc1ccccc1Nc1nc(N)nc(CN(Cc2ccccc2F)C2CC2)n1. The first-order valence-electron chi connectivity index (χ1n) is 9.39. The number of aryl methyl sites for hydroxylation is 1. The number of para-hydroxylation sites is 1. The summed E-state index contributed by atoms with van der Waals surface area (Å²) >= 11 is 0. The predicted octanol–water partition coefficient (Wildman–Crippen LogP) is 3.81. The highest BCUT2D eigenvalue weighted by Gasteiger charge is 2.30. The summed E-state index contributed by atoms with van der Waals surface area (Å²) in [6.45, 7) is 3.02. The van der Waals surface area contributed by atoms with Gasteiger partial charge in [0.05, 0.1) is 6.54 Å². The molecule has 1 aliphatic carbocycles. The Morgan fingerprint density at radius 1 is 1.04 bits per heavy atom. The second-order valence-electron chi connectivity index (χ2n) is 7.10. The normalized spacial score (nSPS) is 13.7. The van der Waals surface area contributed by atoms with Crippen LogP contribution in [0.25, 0.3) is 0 Å². The van der Waals surface area contributed by atoms with Crippen molar-refractivity contribution in [1.29, 1.82) is 0 Å². The van der Waals surface area contributed by atoms with E-state index in [4.69, 9.17) is 5.73 Å². The topological polar surface area (TPSA) is 80.0 Å². The van der Waals surface area contributed by atoms with Crippen LogP contribution in [0.15, 0.2) is 48.5 Å². The lowest BCUT2D eigenvalue weighted by Gasteiger charge is -2.21. The lowest BCUT2D eigenvalue weighted by atomic mass is 10.2. The predicted molar refractivity (Wildman–Crippen MR) is 107 cm³/mol. The maximum Gasteiger partial charge on any atom is 0.232 e. The number of benzene rings is 2. The Kier molecular flexibility index (Phi) is 5.16. The molecule has 2 aromatic carbocycles. The highest BCUT2D eigenvalue weighted by atomic mass is 19.1. The van der Waals surface area contributed by atoms with Crippen LogP contribution >= 0.6 is 0 Å². The molecule has 0 radical (unpaired) electrons. The first-order chi connectivity index (χ1) is 13.6. The molecule has 0 spiro atoms. The molecule has 0 atom stereocenters. The highest BCUT2D eigenvalue weighted by Crippen LogP contribution is 2.30. The number of anilines is 3. The number of nitrogens with zero attached hydrogens (tertiary/aromatic N) is 4. The van der Waals surface area contributed by atoms with Crippen LogP contribution in [-0.2, 0) is 13.1 Å². The Morgan fingerprint density at radius 2 is 1.79 bits per heavy atom. The van der Waals surface area contributed by atoms with Crippen LogP contribution in [0.1, 0.15) is 29.8 Å². The largest absolute Gasteiger partial charge is 0.368 e. The van der Waals surface area contributed by atoms with Crippen molar-refractivity contribution in [3.8, 4) is 0 Å². The number of nitrogen functional groups attached to an aromatic ring is 1. The number of nitrogens with one attached hydrogen (secondary N) is 1. The van der Waals surface area contributed by atoms with Crippen LogP contribution in [0.4, 0.5) is 22.0 Å². The second-order valence-corrected chi connectivity index (χ2v) is 7.10. The summed E-state index contributed by atoms with van der Waals surface area (Å²) < 4.78 is 14.1. The quantitative estimate of drug-likeness (QED) is 0.651. The maximum atomic E-state index is 14.1. The zero-order valence-electron chi connectivity index (χ0n) is 15.8. The van der Waals surface area contributed by atoms with E-state index >= 15 is 0 Å². The van der Waals surface area contributed by atoms with Gasteiger partial charge in [-0.1, -0.05) is 36.4 Å². The molecule has 4 rings (SSSR count). The lowest BCUT2D eigenvalue weighted by molar-refractivity contribution is 0.236. The third kappa shape index (κ3) is 4.43. The minimum absolute atomic E-state index is 0.169. The molecule has 0 aliphatic heterocycles. The molecule has 0 unspecified atom stereocenters. The highest BCUT2D eigenvalue weighted by molar-refractivity contribution is 5.58. The Labute approximate surface area is 163 Å². The molecule has 7 heteroatoms. The lowest BCUT2D eigenvalue weighted by Crippen LogP contribution is -2.27. The summed E-state index contributed by atoms with van der Waals surface area (Å²) in [5.41, 5.74) is 8.60. The van der Waals surface area contributed by atoms with E-state index in [1.54, 1.807) is 6.07 Å². The molecule has 1 saturated carbocycles. The number of hydrogen-bond acceptors (Lipinski definition) is 6. The summed E-state index contributed by atoms with van der Waals surface area (Å²) in [5.74, 6) is 0.971. The van der Waals surface area contributed by atoms with Gasteiger partial charge >= 0.3 is 0 Å². The van der Waals surface area contributed by atoms with Crippen molar-refractivity contribution in [3.63, 3.8) is 0 Å². The van der Waals surface area contributed by atoms with Crippen LogP contribution in [0, 0.1) is 12.7 Å². The molecule has 3 N–H and O–H groups in total. The van der Waals surface area contributed by atoms with E-state index < -0.39 is 0 Å². The zero-order valence-corrected chi connectivity index (χ0v) is 15.8. The molecule has 28 heavy (non-hydrogen) atoms. The van der Waals surface area contributed by atoms with Crippen LogP contribution < -0.4 is 11.1 Å². The van der Waals surface area contributed by atoms with Crippen molar-refractivity contribution in [2.75, 3.05) is 11.1 Å². The average Bonchev–Trinajstić information content (AvgIpc) is 3.50. The van der Waals surface area contributed by atoms with E-state index in [0.717, 1.165) is 24.1 Å². The van der Waals surface area contributed by atoms with E-state index in [0.29, 0.717) is 36.5 Å². The third-order valence-corrected chi connectivity index (χ3v) is 4.83. The van der Waals surface area contributed by atoms with Gasteiger partial charge in [-0.3, -0.25) is 4.90 Å². The van der Waals surface area contributed by atoms with Gasteiger partial charge in [0.25, 0.3) is 0 Å². The fraction of sp³-hybridized carbons (Fsp3) is 0.286. The standard InChI is InChI=1S/C21H23FN6/c1-14-6-2-5-9-18(14)24-21-26-19(25-20(23)27-21)13-28(16-10-11-16)12-15-7-3-4-8-17(15)22/h2-9,16H,10-13H2,1H3,(H3,23,24,25,26,27). The van der Waals surface area contributed by atoms with E-state index in [9.17, 15) is 4.39 Å². The Hall–Kier alpha value is -3.06. The first-order valence-corrected chi connectivity index (χ1v) is 9.39. The summed E-state index contributed by atoms with van der Waals surface area (Å²) in [5, 5.41) is 3.21. The number of aromatic nitrogens is 3. The molecule has 6 nitrogen and oxygen atoms in total. The maximum absolute atomic E-state index is 14.1. The van der Waals surface area contributed by atoms with E-state index in [-0.39, 0.29) is 11.8 Å². The minimum Gasteiger partial charge on any atom is -0.368 e. The molecule has 0 saturated heterocycles. The molecule has 144 valence electrons. The van der Waals surface area contributed by atoms with Crippen LogP contribution in [0.5, 0.6) is 0 Å². The number of rotatable bonds is 7. The molecule has 1 aromatic heterocycles. The number of hydrogen-bond donors (Lipinski definition) is 2. The fourth-order valence-corrected chi connectivity index (χ4v) is 3.18. The smallest absolute Gasteiger partial charge is 0.232 e. The first kappa shape index (κ1) is 18.3. The molecular formula is C21H23FN6. The van der Waals surface area contributed by atoms with Gasteiger partial charge in [-0.15, -0.1) is 0 Å². The molecule has 1 aliphatic rings. The van der Waals surface area contributed by atoms with Gasteiger partial charge in [0.15, 0.2) is 0 Å². The van der Waals surface area contributed by atoms with E-state index in [1.807, 2.05) is 43.3 Å². The van der Waals surface area contributed by atoms with Crippen molar-refractivity contribution in [2.45, 2.75) is 38.9 Å².